The first-order valence-electron chi connectivity index (χ1n) is 8.90. The number of aliphatic hydroxyl groups excluding tert-OH is 1. The Bertz CT molecular complexity index is 683. The Morgan fingerprint density at radius 3 is 1.87 bits per heavy atom. The number of carbonyl (C=O) groups excluding carboxylic acids is 5. The minimum Gasteiger partial charge on any atom is -0.480 e. The molecule has 0 aliphatic rings. The number of nitrogens with two attached hydrogens (primary N) is 3. The zero-order chi connectivity index (χ0) is 23.6. The topological polar surface area (TPSA) is 257 Å². The van der Waals surface area contributed by atoms with Crippen LogP contribution in [0.4, 0.5) is 0 Å². The molecule has 0 rings (SSSR count). The summed E-state index contributed by atoms with van der Waals surface area (Å²) in [7, 11) is 0. The molecule has 0 saturated heterocycles. The Hall–Kier alpha value is -3.26. The summed E-state index contributed by atoms with van der Waals surface area (Å²) < 4.78 is 0. The third kappa shape index (κ3) is 9.79. The standard InChI is InChI=1S/C16H28N6O8/c1-6(20-14(27)8(17)5-11(19)25)13(26)21-9(3-4-10(18)24)15(28)22-12(7(2)23)16(29)30/h6-9,12,23H,3-5,17H2,1-2H3,(H2,18,24)(H2,19,25)(H,20,27)(H,21,26)(H,22,28)(H,29,30). The van der Waals surface area contributed by atoms with Gasteiger partial charge in [-0.05, 0) is 20.3 Å². The summed E-state index contributed by atoms with van der Waals surface area (Å²) >= 11 is 0. The molecule has 5 atom stereocenters. The van der Waals surface area contributed by atoms with Crippen LogP contribution in [0.3, 0.4) is 0 Å². The Morgan fingerprint density at radius 1 is 0.867 bits per heavy atom. The number of carboxylic acids is 1. The van der Waals surface area contributed by atoms with E-state index in [9.17, 15) is 33.9 Å². The lowest BCUT2D eigenvalue weighted by Gasteiger charge is -2.24. The van der Waals surface area contributed by atoms with Crippen molar-refractivity contribution >= 4 is 35.5 Å². The van der Waals surface area contributed by atoms with Crippen LogP contribution in [-0.4, -0.2) is 76.0 Å². The third-order valence-electron chi connectivity index (χ3n) is 3.87. The first-order valence-corrected chi connectivity index (χ1v) is 8.90. The van der Waals surface area contributed by atoms with Crippen molar-refractivity contribution < 1.29 is 39.0 Å². The number of nitrogens with one attached hydrogen (secondary N) is 3. The van der Waals surface area contributed by atoms with Crippen molar-refractivity contribution in [1.29, 1.82) is 0 Å². The van der Waals surface area contributed by atoms with Gasteiger partial charge in [-0.25, -0.2) is 4.79 Å². The Balaban J connectivity index is 5.17. The van der Waals surface area contributed by atoms with Gasteiger partial charge in [-0.15, -0.1) is 0 Å². The van der Waals surface area contributed by atoms with Gasteiger partial charge in [0.15, 0.2) is 6.04 Å². The molecule has 0 aromatic carbocycles. The van der Waals surface area contributed by atoms with Crippen molar-refractivity contribution in [2.75, 3.05) is 0 Å². The van der Waals surface area contributed by atoms with E-state index < -0.39 is 72.2 Å². The van der Waals surface area contributed by atoms with Gasteiger partial charge in [0.2, 0.25) is 29.5 Å². The van der Waals surface area contributed by atoms with Crippen LogP contribution in [0.5, 0.6) is 0 Å². The second-order valence-corrected chi connectivity index (χ2v) is 6.64. The van der Waals surface area contributed by atoms with Crippen molar-refractivity contribution in [3.8, 4) is 0 Å². The summed E-state index contributed by atoms with van der Waals surface area (Å²) in [6.45, 7) is 2.41. The molecule has 0 aromatic rings. The molecule has 0 fully saturated rings. The predicted molar refractivity (Wildman–Crippen MR) is 101 cm³/mol. The largest absolute Gasteiger partial charge is 0.480 e. The van der Waals surface area contributed by atoms with E-state index in [0.29, 0.717) is 0 Å². The van der Waals surface area contributed by atoms with Crippen LogP contribution < -0.4 is 33.2 Å². The van der Waals surface area contributed by atoms with Crippen LogP contribution in [0.25, 0.3) is 0 Å². The fraction of sp³-hybridized carbons (Fsp3) is 0.625. The highest BCUT2D eigenvalue weighted by Crippen LogP contribution is 2.02. The van der Waals surface area contributed by atoms with Gasteiger partial charge in [0.1, 0.15) is 12.1 Å². The SMILES string of the molecule is CC(NC(=O)C(N)CC(N)=O)C(=O)NC(CCC(N)=O)C(=O)NC(C(=O)O)C(C)O. The highest BCUT2D eigenvalue weighted by molar-refractivity contribution is 5.95. The number of rotatable bonds is 13. The molecule has 170 valence electrons. The number of aliphatic hydroxyl groups is 1. The van der Waals surface area contributed by atoms with Gasteiger partial charge in [-0.1, -0.05) is 0 Å². The molecule has 11 N–H and O–H groups in total. The first kappa shape index (κ1) is 26.7. The zero-order valence-corrected chi connectivity index (χ0v) is 16.6. The highest BCUT2D eigenvalue weighted by atomic mass is 16.4. The molecule has 0 aliphatic carbocycles. The molecule has 5 unspecified atom stereocenters. The molecular weight excluding hydrogens is 404 g/mol. The van der Waals surface area contributed by atoms with Crippen molar-refractivity contribution in [3.63, 3.8) is 0 Å². The van der Waals surface area contributed by atoms with Crippen LogP contribution in [0.2, 0.25) is 0 Å². The summed E-state index contributed by atoms with van der Waals surface area (Å²) in [5.74, 6) is -5.78. The van der Waals surface area contributed by atoms with Gasteiger partial charge < -0.3 is 43.4 Å². The Morgan fingerprint density at radius 2 is 1.43 bits per heavy atom. The number of aliphatic carboxylic acids is 1. The number of carbonyl (C=O) groups is 6. The number of hydrogen-bond acceptors (Lipinski definition) is 8. The van der Waals surface area contributed by atoms with Gasteiger partial charge in [0.25, 0.3) is 0 Å². The summed E-state index contributed by atoms with van der Waals surface area (Å²) in [5.41, 5.74) is 15.5. The average molecular weight is 432 g/mol. The van der Waals surface area contributed by atoms with E-state index in [2.05, 4.69) is 16.0 Å². The smallest absolute Gasteiger partial charge is 0.328 e. The van der Waals surface area contributed by atoms with E-state index in [1.807, 2.05) is 0 Å². The lowest BCUT2D eigenvalue weighted by atomic mass is 10.1. The maximum absolute atomic E-state index is 12.4. The monoisotopic (exact) mass is 432 g/mol. The summed E-state index contributed by atoms with van der Waals surface area (Å²) in [6, 6.07) is -5.53. The van der Waals surface area contributed by atoms with Crippen LogP contribution in [0.1, 0.15) is 33.1 Å². The summed E-state index contributed by atoms with van der Waals surface area (Å²) in [5, 5.41) is 25.1. The number of primary amides is 2. The van der Waals surface area contributed by atoms with Gasteiger partial charge in [-0.2, -0.15) is 0 Å². The zero-order valence-electron chi connectivity index (χ0n) is 16.6. The van der Waals surface area contributed by atoms with Crippen LogP contribution in [-0.2, 0) is 28.8 Å². The molecule has 0 saturated carbocycles. The molecule has 5 amide bonds. The molecule has 0 aliphatic heterocycles. The van der Waals surface area contributed by atoms with Crippen molar-refractivity contribution in [3.05, 3.63) is 0 Å². The minimum atomic E-state index is -1.66. The number of carboxylic acid groups (broad SMARTS) is 1. The molecule has 30 heavy (non-hydrogen) atoms. The van der Waals surface area contributed by atoms with E-state index in [-0.39, 0.29) is 12.8 Å². The van der Waals surface area contributed by atoms with Crippen molar-refractivity contribution in [2.24, 2.45) is 17.2 Å². The minimum absolute atomic E-state index is 0.263. The lowest BCUT2D eigenvalue weighted by Crippen LogP contribution is -2.57. The van der Waals surface area contributed by atoms with Gasteiger partial charge >= 0.3 is 5.97 Å². The summed E-state index contributed by atoms with van der Waals surface area (Å²) in [4.78, 5) is 69.5. The lowest BCUT2D eigenvalue weighted by molar-refractivity contribution is -0.145. The Labute approximate surface area is 171 Å². The van der Waals surface area contributed by atoms with Gasteiger partial charge in [-0.3, -0.25) is 24.0 Å². The number of amides is 5. The molecule has 0 heterocycles. The second kappa shape index (κ2) is 12.3. The molecule has 0 bridgehead atoms. The first-order chi connectivity index (χ1) is 13.8. The average Bonchev–Trinajstić information content (AvgIpc) is 2.60. The van der Waals surface area contributed by atoms with Crippen molar-refractivity contribution in [2.45, 2.75) is 63.4 Å². The molecule has 0 radical (unpaired) electrons. The fourth-order valence-electron chi connectivity index (χ4n) is 2.19. The highest BCUT2D eigenvalue weighted by Gasteiger charge is 2.31. The molecule has 14 heteroatoms. The normalized spacial score (nSPS) is 15.6. The maximum Gasteiger partial charge on any atom is 0.328 e. The molecular formula is C16H28N6O8. The maximum atomic E-state index is 12.4. The van der Waals surface area contributed by atoms with Crippen molar-refractivity contribution in [1.82, 2.24) is 16.0 Å². The van der Waals surface area contributed by atoms with Crippen LogP contribution in [0, 0.1) is 0 Å². The molecule has 0 spiro atoms. The van der Waals surface area contributed by atoms with Gasteiger partial charge in [0.05, 0.1) is 18.6 Å². The van der Waals surface area contributed by atoms with E-state index in [0.717, 1.165) is 6.92 Å². The van der Waals surface area contributed by atoms with E-state index in [1.54, 1.807) is 0 Å². The fourth-order valence-corrected chi connectivity index (χ4v) is 2.19. The van der Waals surface area contributed by atoms with E-state index in [1.165, 1.54) is 6.92 Å². The van der Waals surface area contributed by atoms with Crippen LogP contribution in [0.15, 0.2) is 0 Å². The second-order valence-electron chi connectivity index (χ2n) is 6.64. The third-order valence-corrected chi connectivity index (χ3v) is 3.87. The quantitative estimate of drug-likeness (QED) is 0.139. The summed E-state index contributed by atoms with van der Waals surface area (Å²) in [6.07, 6.45) is -2.46. The van der Waals surface area contributed by atoms with E-state index in [4.69, 9.17) is 22.3 Å². The Kier molecular flexibility index (Phi) is 11.0. The van der Waals surface area contributed by atoms with Crippen LogP contribution >= 0.6 is 0 Å². The van der Waals surface area contributed by atoms with Gasteiger partial charge in [0, 0.05) is 6.42 Å². The van der Waals surface area contributed by atoms with E-state index >= 15 is 0 Å². The molecule has 0 aromatic heterocycles. The molecule has 14 nitrogen and oxygen atoms in total. The number of hydrogen-bond donors (Lipinski definition) is 8. The predicted octanol–water partition coefficient (Wildman–Crippen LogP) is -4.61.